The van der Waals surface area contributed by atoms with Gasteiger partial charge in [0, 0.05) is 31.0 Å². The second kappa shape index (κ2) is 9.03. The van der Waals surface area contributed by atoms with Crippen LogP contribution in [0.25, 0.3) is 5.69 Å². The summed E-state index contributed by atoms with van der Waals surface area (Å²) >= 11 is 0. The third-order valence-electron chi connectivity index (χ3n) is 4.37. The number of ether oxygens (including phenoxy) is 1. The Balaban J connectivity index is 1.37. The first-order valence-electron chi connectivity index (χ1n) is 9.17. The predicted molar refractivity (Wildman–Crippen MR) is 106 cm³/mol. The van der Waals surface area contributed by atoms with Crippen LogP contribution in [-0.2, 0) is 11.3 Å². The Morgan fingerprint density at radius 2 is 1.81 bits per heavy atom. The summed E-state index contributed by atoms with van der Waals surface area (Å²) in [7, 11) is 0. The van der Waals surface area contributed by atoms with Gasteiger partial charge in [0.15, 0.2) is 0 Å². The number of rotatable bonds is 8. The largest absolute Gasteiger partial charge is 0.494 e. The first kappa shape index (κ1) is 18.7. The highest BCUT2D eigenvalue weighted by atomic mass is 16.5. The fourth-order valence-corrected chi connectivity index (χ4v) is 2.77. The highest BCUT2D eigenvalue weighted by Crippen LogP contribution is 2.13. The zero-order chi connectivity index (χ0) is 19.1. The van der Waals surface area contributed by atoms with Crippen LogP contribution in [0.2, 0.25) is 0 Å². The normalized spacial score (nSPS) is 10.6. The summed E-state index contributed by atoms with van der Waals surface area (Å²) in [6.07, 6.45) is 4.87. The van der Waals surface area contributed by atoms with Gasteiger partial charge in [0.25, 0.3) is 0 Å². The van der Waals surface area contributed by atoms with Gasteiger partial charge in [-0.3, -0.25) is 4.79 Å². The van der Waals surface area contributed by atoms with Crippen LogP contribution in [0, 0.1) is 13.8 Å². The molecule has 0 spiro atoms. The molecular weight excluding hydrogens is 338 g/mol. The Kier molecular flexibility index (Phi) is 6.26. The van der Waals surface area contributed by atoms with Crippen molar-refractivity contribution in [1.82, 2.24) is 14.9 Å². The molecule has 1 aromatic heterocycles. The SMILES string of the molecule is Cc1ccc(OCCCC(=O)NCc2ccc(-n3ccnc3C)cc2)cc1. The molecule has 0 bridgehead atoms. The molecule has 1 heterocycles. The standard InChI is InChI=1S/C22H25N3O2/c1-17-5-11-21(12-6-17)27-15-3-4-22(26)24-16-19-7-9-20(10-8-19)25-14-13-23-18(25)2/h5-14H,3-4,15-16H2,1-2H3,(H,24,26). The van der Waals surface area contributed by atoms with Crippen LogP contribution in [0.1, 0.15) is 29.8 Å². The van der Waals surface area contributed by atoms with E-state index in [0.29, 0.717) is 26.0 Å². The number of benzene rings is 2. The van der Waals surface area contributed by atoms with E-state index in [2.05, 4.69) is 10.3 Å². The fourth-order valence-electron chi connectivity index (χ4n) is 2.77. The Bertz CT molecular complexity index is 867. The lowest BCUT2D eigenvalue weighted by Crippen LogP contribution is -2.23. The van der Waals surface area contributed by atoms with E-state index < -0.39 is 0 Å². The topological polar surface area (TPSA) is 56.1 Å². The minimum atomic E-state index is 0.0389. The van der Waals surface area contributed by atoms with Crippen molar-refractivity contribution in [2.45, 2.75) is 33.2 Å². The monoisotopic (exact) mass is 363 g/mol. The van der Waals surface area contributed by atoms with Crippen molar-refractivity contribution in [1.29, 1.82) is 0 Å². The highest BCUT2D eigenvalue weighted by Gasteiger charge is 2.04. The first-order chi connectivity index (χ1) is 13.1. The minimum absolute atomic E-state index is 0.0389. The number of nitrogens with one attached hydrogen (secondary N) is 1. The van der Waals surface area contributed by atoms with E-state index in [1.54, 1.807) is 6.20 Å². The van der Waals surface area contributed by atoms with Crippen molar-refractivity contribution in [2.75, 3.05) is 6.61 Å². The first-order valence-corrected chi connectivity index (χ1v) is 9.17. The van der Waals surface area contributed by atoms with Gasteiger partial charge in [-0.1, -0.05) is 29.8 Å². The lowest BCUT2D eigenvalue weighted by molar-refractivity contribution is -0.121. The number of carbonyl (C=O) groups excluding carboxylic acids is 1. The molecule has 0 fully saturated rings. The highest BCUT2D eigenvalue weighted by molar-refractivity contribution is 5.75. The summed E-state index contributed by atoms with van der Waals surface area (Å²) in [6, 6.07) is 16.0. The number of imidazole rings is 1. The van der Waals surface area contributed by atoms with Gasteiger partial charge in [0.2, 0.25) is 5.91 Å². The number of amides is 1. The van der Waals surface area contributed by atoms with Gasteiger partial charge in [-0.15, -0.1) is 0 Å². The number of aryl methyl sites for hydroxylation is 2. The molecule has 1 amide bonds. The summed E-state index contributed by atoms with van der Waals surface area (Å²) in [5, 5.41) is 2.96. The Morgan fingerprint density at radius 3 is 2.48 bits per heavy atom. The van der Waals surface area contributed by atoms with Crippen LogP contribution in [0.15, 0.2) is 60.9 Å². The Morgan fingerprint density at radius 1 is 1.07 bits per heavy atom. The van der Waals surface area contributed by atoms with Crippen molar-refractivity contribution in [3.8, 4) is 11.4 Å². The van der Waals surface area contributed by atoms with Gasteiger partial charge >= 0.3 is 0 Å². The molecule has 1 N–H and O–H groups in total. The number of nitrogens with zero attached hydrogens (tertiary/aromatic N) is 2. The molecule has 0 radical (unpaired) electrons. The van der Waals surface area contributed by atoms with Crippen LogP contribution in [0.5, 0.6) is 5.75 Å². The smallest absolute Gasteiger partial charge is 0.220 e. The van der Waals surface area contributed by atoms with Crippen molar-refractivity contribution >= 4 is 5.91 Å². The zero-order valence-electron chi connectivity index (χ0n) is 15.8. The molecule has 0 saturated heterocycles. The second-order valence-electron chi connectivity index (χ2n) is 6.55. The summed E-state index contributed by atoms with van der Waals surface area (Å²) < 4.78 is 7.67. The van der Waals surface area contributed by atoms with E-state index in [1.807, 2.05) is 73.1 Å². The third-order valence-corrected chi connectivity index (χ3v) is 4.37. The molecule has 2 aromatic carbocycles. The van der Waals surface area contributed by atoms with Crippen molar-refractivity contribution in [2.24, 2.45) is 0 Å². The van der Waals surface area contributed by atoms with Crippen LogP contribution in [0.4, 0.5) is 0 Å². The fraction of sp³-hybridized carbons (Fsp3) is 0.273. The van der Waals surface area contributed by atoms with E-state index in [0.717, 1.165) is 22.8 Å². The maximum absolute atomic E-state index is 12.0. The van der Waals surface area contributed by atoms with Gasteiger partial charge in [-0.25, -0.2) is 4.98 Å². The third kappa shape index (κ3) is 5.45. The van der Waals surface area contributed by atoms with Crippen LogP contribution >= 0.6 is 0 Å². The summed E-state index contributed by atoms with van der Waals surface area (Å²) in [5.74, 6) is 1.83. The molecule has 140 valence electrons. The molecular formula is C22H25N3O2. The second-order valence-corrected chi connectivity index (χ2v) is 6.55. The number of hydrogen-bond acceptors (Lipinski definition) is 3. The Labute approximate surface area is 160 Å². The summed E-state index contributed by atoms with van der Waals surface area (Å²) in [6.45, 7) is 5.08. The lowest BCUT2D eigenvalue weighted by atomic mass is 10.2. The van der Waals surface area contributed by atoms with Crippen molar-refractivity contribution in [3.05, 3.63) is 77.9 Å². The van der Waals surface area contributed by atoms with Gasteiger partial charge in [-0.05, 0) is 50.1 Å². The van der Waals surface area contributed by atoms with E-state index in [-0.39, 0.29) is 5.91 Å². The van der Waals surface area contributed by atoms with Crippen LogP contribution in [0.3, 0.4) is 0 Å². The predicted octanol–water partition coefficient (Wildman–Crippen LogP) is 3.96. The summed E-state index contributed by atoms with van der Waals surface area (Å²) in [4.78, 5) is 16.2. The molecule has 0 aliphatic rings. The quantitative estimate of drug-likeness (QED) is 0.616. The molecule has 0 atom stereocenters. The molecule has 0 unspecified atom stereocenters. The zero-order valence-corrected chi connectivity index (χ0v) is 15.8. The van der Waals surface area contributed by atoms with E-state index in [4.69, 9.17) is 4.74 Å². The van der Waals surface area contributed by atoms with Crippen LogP contribution < -0.4 is 10.1 Å². The molecule has 5 heteroatoms. The molecule has 0 aliphatic heterocycles. The number of aromatic nitrogens is 2. The Hall–Kier alpha value is -3.08. The van der Waals surface area contributed by atoms with E-state index in [9.17, 15) is 4.79 Å². The van der Waals surface area contributed by atoms with Crippen LogP contribution in [-0.4, -0.2) is 22.1 Å². The van der Waals surface area contributed by atoms with Gasteiger partial charge in [0.1, 0.15) is 11.6 Å². The molecule has 0 saturated carbocycles. The summed E-state index contributed by atoms with van der Waals surface area (Å²) in [5.41, 5.74) is 3.34. The number of hydrogen-bond donors (Lipinski definition) is 1. The average molecular weight is 363 g/mol. The minimum Gasteiger partial charge on any atom is -0.494 e. The lowest BCUT2D eigenvalue weighted by Gasteiger charge is -2.09. The maximum Gasteiger partial charge on any atom is 0.220 e. The molecule has 0 aliphatic carbocycles. The number of carbonyl (C=O) groups is 1. The maximum atomic E-state index is 12.0. The van der Waals surface area contributed by atoms with Gasteiger partial charge in [-0.2, -0.15) is 0 Å². The van der Waals surface area contributed by atoms with Crippen molar-refractivity contribution in [3.63, 3.8) is 0 Å². The average Bonchev–Trinajstić information content (AvgIpc) is 3.11. The molecule has 3 rings (SSSR count). The molecule has 27 heavy (non-hydrogen) atoms. The molecule has 5 nitrogen and oxygen atoms in total. The van der Waals surface area contributed by atoms with E-state index >= 15 is 0 Å². The molecule has 3 aromatic rings. The van der Waals surface area contributed by atoms with E-state index in [1.165, 1.54) is 5.56 Å². The van der Waals surface area contributed by atoms with Gasteiger partial charge in [0.05, 0.1) is 6.61 Å². The van der Waals surface area contributed by atoms with Crippen molar-refractivity contribution < 1.29 is 9.53 Å². The van der Waals surface area contributed by atoms with Gasteiger partial charge < -0.3 is 14.6 Å².